The number of hydrogen-bond acceptors (Lipinski definition) is 2. The molecule has 0 aromatic heterocycles. The zero-order chi connectivity index (χ0) is 12.7. The van der Waals surface area contributed by atoms with Gasteiger partial charge in [-0.3, -0.25) is 0 Å². The molecule has 1 nitrogen and oxygen atoms in total. The van der Waals surface area contributed by atoms with E-state index >= 15 is 0 Å². The fraction of sp³-hybridized carbons (Fsp3) is 0.600. The number of unbranched alkanes of at least 4 members (excludes halogenated alkanes) is 1. The topological polar surface area (TPSA) is 12.0 Å². The average molecular weight is 251 g/mol. The number of benzene rings is 1. The molecule has 0 saturated carbocycles. The molecular weight excluding hydrogens is 226 g/mol. The van der Waals surface area contributed by atoms with Gasteiger partial charge in [0, 0.05) is 17.5 Å². The summed E-state index contributed by atoms with van der Waals surface area (Å²) >= 11 is 1.99. The van der Waals surface area contributed by atoms with Gasteiger partial charge >= 0.3 is 0 Å². The van der Waals surface area contributed by atoms with Crippen molar-refractivity contribution in [1.82, 2.24) is 5.32 Å². The third kappa shape index (κ3) is 5.60. The van der Waals surface area contributed by atoms with E-state index in [9.17, 15) is 0 Å². The number of aryl methyl sites for hydroxylation is 1. The molecule has 0 aliphatic carbocycles. The largest absolute Gasteiger partial charge is 0.310 e. The van der Waals surface area contributed by atoms with Crippen LogP contribution in [0.2, 0.25) is 0 Å². The van der Waals surface area contributed by atoms with Gasteiger partial charge in [0.2, 0.25) is 0 Å². The second-order valence-corrected chi connectivity index (χ2v) is 5.99. The van der Waals surface area contributed by atoms with Gasteiger partial charge < -0.3 is 5.32 Å². The van der Waals surface area contributed by atoms with Gasteiger partial charge in [0.05, 0.1) is 0 Å². The zero-order valence-corrected chi connectivity index (χ0v) is 12.4. The molecule has 0 atom stereocenters. The monoisotopic (exact) mass is 251 g/mol. The van der Waals surface area contributed by atoms with Crippen LogP contribution in [0.5, 0.6) is 0 Å². The second kappa shape index (κ2) is 7.78. The predicted octanol–water partition coefficient (Wildman–Crippen LogP) is 4.39. The van der Waals surface area contributed by atoms with Crippen molar-refractivity contribution >= 4 is 11.8 Å². The quantitative estimate of drug-likeness (QED) is 0.570. The molecule has 0 amide bonds. The molecule has 0 aliphatic heterocycles. The van der Waals surface area contributed by atoms with E-state index in [4.69, 9.17) is 0 Å². The summed E-state index contributed by atoms with van der Waals surface area (Å²) in [7, 11) is 0. The summed E-state index contributed by atoms with van der Waals surface area (Å²) in [4.78, 5) is 1.44. The third-order valence-corrected chi connectivity index (χ3v) is 3.87. The molecule has 1 N–H and O–H groups in total. The Balaban J connectivity index is 2.66. The highest BCUT2D eigenvalue weighted by atomic mass is 32.2. The maximum absolute atomic E-state index is 3.51. The van der Waals surface area contributed by atoms with E-state index in [1.165, 1.54) is 34.6 Å². The van der Waals surface area contributed by atoms with Gasteiger partial charge in [-0.25, -0.2) is 0 Å². The van der Waals surface area contributed by atoms with Crippen molar-refractivity contribution < 1.29 is 0 Å². The standard InChI is InChI=1S/C15H25NS/c1-5-6-9-17-15-8-7-13(4)10-14(15)11-16-12(2)3/h7-8,10,12,16H,5-6,9,11H2,1-4H3. The van der Waals surface area contributed by atoms with E-state index in [1.807, 2.05) is 11.8 Å². The summed E-state index contributed by atoms with van der Waals surface area (Å²) in [6.07, 6.45) is 2.58. The van der Waals surface area contributed by atoms with Gasteiger partial charge in [-0.2, -0.15) is 0 Å². The van der Waals surface area contributed by atoms with Crippen LogP contribution in [0, 0.1) is 6.92 Å². The molecule has 0 spiro atoms. The molecule has 2 heteroatoms. The minimum absolute atomic E-state index is 0.545. The van der Waals surface area contributed by atoms with Crippen LogP contribution in [0.25, 0.3) is 0 Å². The minimum Gasteiger partial charge on any atom is -0.310 e. The van der Waals surface area contributed by atoms with E-state index in [0.29, 0.717) is 6.04 Å². The molecule has 96 valence electrons. The highest BCUT2D eigenvalue weighted by molar-refractivity contribution is 7.99. The Morgan fingerprint density at radius 2 is 2.06 bits per heavy atom. The van der Waals surface area contributed by atoms with Crippen molar-refractivity contribution in [1.29, 1.82) is 0 Å². The Morgan fingerprint density at radius 1 is 1.29 bits per heavy atom. The highest BCUT2D eigenvalue weighted by Gasteiger charge is 2.04. The summed E-state index contributed by atoms with van der Waals surface area (Å²) in [5.74, 6) is 1.23. The van der Waals surface area contributed by atoms with Crippen LogP contribution < -0.4 is 5.32 Å². The molecule has 17 heavy (non-hydrogen) atoms. The molecule has 0 radical (unpaired) electrons. The maximum atomic E-state index is 3.51. The van der Waals surface area contributed by atoms with Crippen molar-refractivity contribution in [2.75, 3.05) is 5.75 Å². The lowest BCUT2D eigenvalue weighted by molar-refractivity contribution is 0.584. The lowest BCUT2D eigenvalue weighted by Gasteiger charge is -2.13. The van der Waals surface area contributed by atoms with Crippen molar-refractivity contribution in [3.63, 3.8) is 0 Å². The number of rotatable bonds is 7. The molecule has 1 rings (SSSR count). The Bertz CT molecular complexity index is 334. The summed E-state index contributed by atoms with van der Waals surface area (Å²) in [5, 5.41) is 3.51. The first-order valence-electron chi connectivity index (χ1n) is 6.59. The zero-order valence-electron chi connectivity index (χ0n) is 11.5. The molecule has 0 aliphatic rings. The van der Waals surface area contributed by atoms with E-state index < -0.39 is 0 Å². The van der Waals surface area contributed by atoms with Crippen LogP contribution in [0.4, 0.5) is 0 Å². The fourth-order valence-electron chi connectivity index (χ4n) is 1.63. The number of hydrogen-bond donors (Lipinski definition) is 1. The normalized spacial score (nSPS) is 11.1. The summed E-state index contributed by atoms with van der Waals surface area (Å²) < 4.78 is 0. The molecular formula is C15H25NS. The van der Waals surface area contributed by atoms with Crippen LogP contribution in [0.15, 0.2) is 23.1 Å². The molecule has 0 heterocycles. The Labute approximate surface area is 110 Å². The first-order valence-corrected chi connectivity index (χ1v) is 7.57. The first kappa shape index (κ1) is 14.6. The Hall–Kier alpha value is -0.470. The van der Waals surface area contributed by atoms with E-state index in [0.717, 1.165) is 6.54 Å². The van der Waals surface area contributed by atoms with Crippen molar-refractivity contribution in [3.8, 4) is 0 Å². The van der Waals surface area contributed by atoms with Crippen LogP contribution in [0.3, 0.4) is 0 Å². The number of thioether (sulfide) groups is 1. The summed E-state index contributed by atoms with van der Waals surface area (Å²) in [6.45, 7) is 9.78. The Morgan fingerprint density at radius 3 is 2.71 bits per heavy atom. The van der Waals surface area contributed by atoms with E-state index in [2.05, 4.69) is 51.2 Å². The second-order valence-electron chi connectivity index (χ2n) is 4.85. The maximum Gasteiger partial charge on any atom is 0.0219 e. The van der Waals surface area contributed by atoms with Gasteiger partial charge in [0.1, 0.15) is 0 Å². The van der Waals surface area contributed by atoms with Gasteiger partial charge in [-0.15, -0.1) is 11.8 Å². The predicted molar refractivity (Wildman–Crippen MR) is 78.8 cm³/mol. The minimum atomic E-state index is 0.545. The van der Waals surface area contributed by atoms with Gasteiger partial charge in [0.25, 0.3) is 0 Å². The van der Waals surface area contributed by atoms with Gasteiger partial charge in [-0.1, -0.05) is 44.9 Å². The molecule has 0 bridgehead atoms. The Kier molecular flexibility index (Phi) is 6.68. The summed E-state index contributed by atoms with van der Waals surface area (Å²) in [5.41, 5.74) is 2.80. The van der Waals surface area contributed by atoms with Crippen molar-refractivity contribution in [3.05, 3.63) is 29.3 Å². The third-order valence-electron chi connectivity index (χ3n) is 2.67. The molecule has 1 aromatic carbocycles. The van der Waals surface area contributed by atoms with Crippen LogP contribution in [-0.4, -0.2) is 11.8 Å². The first-order chi connectivity index (χ1) is 8.13. The summed E-state index contributed by atoms with van der Waals surface area (Å²) in [6, 6.07) is 7.34. The van der Waals surface area contributed by atoms with Crippen LogP contribution in [-0.2, 0) is 6.54 Å². The SMILES string of the molecule is CCCCSc1ccc(C)cc1CNC(C)C. The molecule has 0 unspecified atom stereocenters. The van der Waals surface area contributed by atoms with Gasteiger partial charge in [-0.05, 0) is 30.7 Å². The van der Waals surface area contributed by atoms with Crippen molar-refractivity contribution in [2.45, 2.75) is 58.0 Å². The fourth-order valence-corrected chi connectivity index (χ4v) is 2.76. The van der Waals surface area contributed by atoms with Crippen LogP contribution >= 0.6 is 11.8 Å². The highest BCUT2D eigenvalue weighted by Crippen LogP contribution is 2.25. The van der Waals surface area contributed by atoms with E-state index in [1.54, 1.807) is 0 Å². The number of nitrogens with one attached hydrogen (secondary N) is 1. The molecule has 0 fully saturated rings. The average Bonchev–Trinajstić information content (AvgIpc) is 2.29. The van der Waals surface area contributed by atoms with Crippen molar-refractivity contribution in [2.24, 2.45) is 0 Å². The lowest BCUT2D eigenvalue weighted by atomic mass is 10.1. The molecule has 1 aromatic rings. The lowest BCUT2D eigenvalue weighted by Crippen LogP contribution is -2.22. The smallest absolute Gasteiger partial charge is 0.0219 e. The van der Waals surface area contributed by atoms with Gasteiger partial charge in [0.15, 0.2) is 0 Å². The van der Waals surface area contributed by atoms with Crippen LogP contribution in [0.1, 0.15) is 44.7 Å². The van der Waals surface area contributed by atoms with E-state index in [-0.39, 0.29) is 0 Å². The molecule has 0 saturated heterocycles.